The van der Waals surface area contributed by atoms with Gasteiger partial charge in [0.2, 0.25) is 0 Å². The SMILES string of the molecule is CN(CCO)c1ccnc2c1c(CN)nn2-c1ccc(OC(F)(F)F)cc1.N. The summed E-state index contributed by atoms with van der Waals surface area (Å²) in [7, 11) is 1.83. The molecule has 0 radical (unpaired) electrons. The van der Waals surface area contributed by atoms with Crippen molar-refractivity contribution in [1.82, 2.24) is 20.9 Å². The van der Waals surface area contributed by atoms with E-state index in [1.165, 1.54) is 28.9 Å². The first-order valence-electron chi connectivity index (χ1n) is 8.09. The van der Waals surface area contributed by atoms with Gasteiger partial charge in [0.15, 0.2) is 5.65 Å². The molecule has 0 fully saturated rings. The lowest BCUT2D eigenvalue weighted by molar-refractivity contribution is -0.274. The van der Waals surface area contributed by atoms with Crippen LogP contribution in [0.1, 0.15) is 5.69 Å². The number of nitrogens with two attached hydrogens (primary N) is 1. The maximum Gasteiger partial charge on any atom is 0.573 e. The number of nitrogens with zero attached hydrogens (tertiary/aromatic N) is 4. The smallest absolute Gasteiger partial charge is 0.406 e. The fourth-order valence-electron chi connectivity index (χ4n) is 2.80. The number of hydrogen-bond donors (Lipinski definition) is 3. The molecule has 0 aliphatic rings. The number of aliphatic hydroxyl groups is 1. The van der Waals surface area contributed by atoms with E-state index in [4.69, 9.17) is 5.73 Å². The van der Waals surface area contributed by atoms with E-state index in [0.717, 1.165) is 11.1 Å². The van der Waals surface area contributed by atoms with E-state index in [0.29, 0.717) is 23.6 Å². The molecule has 0 saturated carbocycles. The number of likely N-dealkylation sites (N-methyl/N-ethyl adjacent to an activating group) is 1. The predicted molar refractivity (Wildman–Crippen MR) is 98.8 cm³/mol. The topological polar surface area (TPSA) is 124 Å². The van der Waals surface area contributed by atoms with Crippen LogP contribution in [0.3, 0.4) is 0 Å². The molecular weight excluding hydrogens is 377 g/mol. The number of fused-ring (bicyclic) bond motifs is 1. The molecule has 28 heavy (non-hydrogen) atoms. The maximum absolute atomic E-state index is 12.3. The Balaban J connectivity index is 0.00000280. The summed E-state index contributed by atoms with van der Waals surface area (Å²) in [4.78, 5) is 6.21. The van der Waals surface area contributed by atoms with Gasteiger partial charge in [0.1, 0.15) is 5.75 Å². The van der Waals surface area contributed by atoms with E-state index in [9.17, 15) is 18.3 Å². The summed E-state index contributed by atoms with van der Waals surface area (Å²) in [6, 6.07) is 7.13. The molecule has 3 rings (SSSR count). The first kappa shape index (κ1) is 21.4. The Morgan fingerprint density at radius 1 is 1.21 bits per heavy atom. The predicted octanol–water partition coefficient (Wildman–Crippen LogP) is 2.37. The van der Waals surface area contributed by atoms with Gasteiger partial charge in [-0.2, -0.15) is 5.10 Å². The third-order valence-corrected chi connectivity index (χ3v) is 3.97. The van der Waals surface area contributed by atoms with Gasteiger partial charge in [-0.05, 0) is 30.3 Å². The van der Waals surface area contributed by atoms with Crippen LogP contribution in [-0.4, -0.2) is 46.4 Å². The van der Waals surface area contributed by atoms with Crippen LogP contribution in [0.5, 0.6) is 5.75 Å². The lowest BCUT2D eigenvalue weighted by Gasteiger charge is -2.19. The number of pyridine rings is 1. The minimum atomic E-state index is -4.75. The lowest BCUT2D eigenvalue weighted by atomic mass is 10.2. The van der Waals surface area contributed by atoms with E-state index in [1.807, 2.05) is 11.9 Å². The van der Waals surface area contributed by atoms with Gasteiger partial charge in [-0.25, -0.2) is 9.67 Å². The number of hydrogen-bond acceptors (Lipinski definition) is 7. The molecule has 0 saturated heterocycles. The van der Waals surface area contributed by atoms with E-state index in [-0.39, 0.29) is 25.1 Å². The van der Waals surface area contributed by atoms with Gasteiger partial charge in [0.05, 0.1) is 29.1 Å². The average molecular weight is 398 g/mol. The van der Waals surface area contributed by atoms with Crippen molar-refractivity contribution < 1.29 is 23.0 Å². The molecule has 0 amide bonds. The molecule has 0 atom stereocenters. The Kier molecular flexibility index (Phi) is 6.44. The second-order valence-corrected chi connectivity index (χ2v) is 5.78. The molecule has 1 aromatic carbocycles. The van der Waals surface area contributed by atoms with Gasteiger partial charge in [-0.3, -0.25) is 0 Å². The van der Waals surface area contributed by atoms with Gasteiger partial charge in [-0.15, -0.1) is 13.2 Å². The van der Waals surface area contributed by atoms with E-state index in [2.05, 4.69) is 14.8 Å². The highest BCUT2D eigenvalue weighted by molar-refractivity contribution is 5.92. The number of aromatic nitrogens is 3. The standard InChI is InChI=1S/C17H18F3N5O2.H3N/c1-24(8-9-26)14-6-7-22-16-15(14)13(10-21)23-25(16)11-2-4-12(5-3-11)27-17(18,19)20;/h2-7,26H,8-10,21H2,1H3;1H3. The Bertz CT molecular complexity index is 927. The highest BCUT2D eigenvalue weighted by Gasteiger charge is 2.31. The molecule has 3 aromatic rings. The molecule has 6 N–H and O–H groups in total. The van der Waals surface area contributed by atoms with Crippen molar-refractivity contribution in [2.45, 2.75) is 12.9 Å². The molecule has 11 heteroatoms. The van der Waals surface area contributed by atoms with Crippen LogP contribution in [0.25, 0.3) is 16.7 Å². The minimum absolute atomic E-state index is 0. The zero-order valence-corrected chi connectivity index (χ0v) is 15.1. The third kappa shape index (κ3) is 4.32. The second kappa shape index (κ2) is 8.42. The van der Waals surface area contributed by atoms with Crippen molar-refractivity contribution in [2.24, 2.45) is 5.73 Å². The number of benzene rings is 1. The number of halogens is 3. The third-order valence-electron chi connectivity index (χ3n) is 3.97. The Hall–Kier alpha value is -2.89. The summed E-state index contributed by atoms with van der Waals surface area (Å²) in [6.45, 7) is 0.551. The minimum Gasteiger partial charge on any atom is -0.406 e. The first-order valence-corrected chi connectivity index (χ1v) is 8.09. The fourth-order valence-corrected chi connectivity index (χ4v) is 2.80. The summed E-state index contributed by atoms with van der Waals surface area (Å²) < 4.78 is 42.4. The quantitative estimate of drug-likeness (QED) is 0.582. The van der Waals surface area contributed by atoms with Crippen LogP contribution in [0.15, 0.2) is 36.5 Å². The molecule has 0 aliphatic carbocycles. The van der Waals surface area contributed by atoms with Crippen LogP contribution in [0.2, 0.25) is 0 Å². The average Bonchev–Trinajstić information content (AvgIpc) is 3.00. The molecule has 0 unspecified atom stereocenters. The number of ether oxygens (including phenoxy) is 1. The summed E-state index contributed by atoms with van der Waals surface area (Å²) in [6.07, 6.45) is -3.15. The maximum atomic E-state index is 12.3. The Morgan fingerprint density at radius 3 is 2.46 bits per heavy atom. The lowest BCUT2D eigenvalue weighted by Crippen LogP contribution is -2.21. The molecule has 8 nitrogen and oxygen atoms in total. The zero-order valence-electron chi connectivity index (χ0n) is 15.1. The molecule has 2 aromatic heterocycles. The summed E-state index contributed by atoms with van der Waals surface area (Å²) in [5, 5.41) is 14.4. The molecule has 0 spiro atoms. The Labute approximate surface area is 158 Å². The molecule has 0 aliphatic heterocycles. The van der Waals surface area contributed by atoms with Crippen molar-refractivity contribution in [1.29, 1.82) is 0 Å². The summed E-state index contributed by atoms with van der Waals surface area (Å²) in [5.41, 5.74) is 8.26. The number of aliphatic hydroxyl groups excluding tert-OH is 1. The van der Waals surface area contributed by atoms with Crippen molar-refractivity contribution in [3.8, 4) is 11.4 Å². The normalized spacial score (nSPS) is 11.4. The number of alkyl halides is 3. The number of rotatable bonds is 6. The van der Waals surface area contributed by atoms with Gasteiger partial charge >= 0.3 is 6.36 Å². The van der Waals surface area contributed by atoms with E-state index in [1.54, 1.807) is 12.3 Å². The molecule has 0 bridgehead atoms. The van der Waals surface area contributed by atoms with Crippen LogP contribution in [0, 0.1) is 0 Å². The van der Waals surface area contributed by atoms with Crippen LogP contribution in [-0.2, 0) is 6.54 Å². The van der Waals surface area contributed by atoms with E-state index >= 15 is 0 Å². The number of anilines is 1. The first-order chi connectivity index (χ1) is 12.8. The van der Waals surface area contributed by atoms with Crippen molar-refractivity contribution in [2.75, 3.05) is 25.1 Å². The summed E-state index contributed by atoms with van der Waals surface area (Å²) in [5.74, 6) is -0.321. The van der Waals surface area contributed by atoms with Gasteiger partial charge in [-0.1, -0.05) is 0 Å². The summed E-state index contributed by atoms with van der Waals surface area (Å²) >= 11 is 0. The largest absolute Gasteiger partial charge is 0.573 e. The fraction of sp³-hybridized carbons (Fsp3) is 0.294. The van der Waals surface area contributed by atoms with Gasteiger partial charge in [0, 0.05) is 26.3 Å². The van der Waals surface area contributed by atoms with Gasteiger partial charge < -0.3 is 26.6 Å². The highest BCUT2D eigenvalue weighted by Crippen LogP contribution is 2.30. The van der Waals surface area contributed by atoms with Crippen LogP contribution < -0.4 is 21.5 Å². The molecule has 152 valence electrons. The van der Waals surface area contributed by atoms with Crippen molar-refractivity contribution in [3.05, 3.63) is 42.2 Å². The second-order valence-electron chi connectivity index (χ2n) is 5.78. The van der Waals surface area contributed by atoms with E-state index < -0.39 is 6.36 Å². The molecular formula is C17H21F3N6O2. The monoisotopic (exact) mass is 398 g/mol. The highest BCUT2D eigenvalue weighted by atomic mass is 19.4. The Morgan fingerprint density at radius 2 is 1.89 bits per heavy atom. The zero-order chi connectivity index (χ0) is 19.6. The van der Waals surface area contributed by atoms with Gasteiger partial charge in [0.25, 0.3) is 0 Å². The van der Waals surface area contributed by atoms with Crippen molar-refractivity contribution in [3.63, 3.8) is 0 Å². The molecule has 2 heterocycles. The van der Waals surface area contributed by atoms with Crippen molar-refractivity contribution >= 4 is 16.7 Å². The van der Waals surface area contributed by atoms with Crippen LogP contribution >= 0.6 is 0 Å². The van der Waals surface area contributed by atoms with Crippen LogP contribution in [0.4, 0.5) is 18.9 Å².